The number of nitrogens with zero attached hydrogens (tertiary/aromatic N) is 3. The fourth-order valence-electron chi connectivity index (χ4n) is 1.92. The number of aromatic nitrogens is 3. The minimum atomic E-state index is -1.13. The molecule has 2 rings (SSSR count). The molecule has 20 heavy (non-hydrogen) atoms. The molecule has 1 unspecified atom stereocenters. The van der Waals surface area contributed by atoms with Gasteiger partial charge in [0.05, 0.1) is 6.20 Å². The van der Waals surface area contributed by atoms with Crippen LogP contribution in [0.1, 0.15) is 27.8 Å². The first-order chi connectivity index (χ1) is 9.40. The van der Waals surface area contributed by atoms with Crippen LogP contribution >= 0.6 is 0 Å². The zero-order valence-corrected chi connectivity index (χ0v) is 11.5. The molecule has 0 aromatic carbocycles. The average Bonchev–Trinajstić information content (AvgIpc) is 2.94. The first-order valence-electron chi connectivity index (χ1n) is 6.04. The van der Waals surface area contributed by atoms with Crippen molar-refractivity contribution < 1.29 is 14.7 Å². The smallest absolute Gasteiger partial charge is 0.331 e. The Hall–Kier alpha value is -2.57. The lowest BCUT2D eigenvalue weighted by atomic mass is 10.1. The van der Waals surface area contributed by atoms with Crippen LogP contribution < -0.4 is 5.32 Å². The van der Waals surface area contributed by atoms with Crippen molar-refractivity contribution in [2.75, 3.05) is 0 Å². The van der Waals surface area contributed by atoms with E-state index >= 15 is 0 Å². The number of hydrogen-bond donors (Lipinski definition) is 2. The van der Waals surface area contributed by atoms with E-state index < -0.39 is 17.9 Å². The van der Waals surface area contributed by atoms with Gasteiger partial charge in [0.15, 0.2) is 6.04 Å². The van der Waals surface area contributed by atoms with Gasteiger partial charge >= 0.3 is 5.97 Å². The second-order valence-corrected chi connectivity index (χ2v) is 4.61. The predicted molar refractivity (Wildman–Crippen MR) is 71.2 cm³/mol. The lowest BCUT2D eigenvalue weighted by molar-refractivity contribution is -0.139. The zero-order chi connectivity index (χ0) is 14.9. The summed E-state index contributed by atoms with van der Waals surface area (Å²) in [5.41, 5.74) is 1.76. The molecule has 0 aliphatic heterocycles. The van der Waals surface area contributed by atoms with Crippen molar-refractivity contribution in [1.29, 1.82) is 0 Å². The summed E-state index contributed by atoms with van der Waals surface area (Å²) in [6, 6.07) is 2.34. The molecule has 0 radical (unpaired) electrons. The highest BCUT2D eigenvalue weighted by molar-refractivity contribution is 5.95. The van der Waals surface area contributed by atoms with E-state index in [1.807, 2.05) is 6.92 Å². The standard InChI is InChI=1S/C13H16N4O3/c1-8-4-5-10(17(8)3)12(18)15-11(13(19)20)9-6-14-16(2)7-9/h4-7,11H,1-3H3,(H,15,18)(H,19,20). The molecule has 2 heterocycles. The number of carboxylic acid groups (broad SMARTS) is 1. The van der Waals surface area contributed by atoms with Crippen LogP contribution in [-0.4, -0.2) is 31.3 Å². The van der Waals surface area contributed by atoms with Crippen molar-refractivity contribution in [3.05, 3.63) is 41.5 Å². The third kappa shape index (κ3) is 2.56. The molecule has 1 amide bonds. The predicted octanol–water partition coefficient (Wildman–Crippen LogP) is 0.623. The second-order valence-electron chi connectivity index (χ2n) is 4.61. The maximum atomic E-state index is 12.2. The highest BCUT2D eigenvalue weighted by Gasteiger charge is 2.25. The number of carboxylic acids is 1. The Labute approximate surface area is 115 Å². The number of nitrogens with one attached hydrogen (secondary N) is 1. The first-order valence-corrected chi connectivity index (χ1v) is 6.04. The van der Waals surface area contributed by atoms with Gasteiger partial charge in [0.25, 0.3) is 5.91 Å². The number of rotatable bonds is 4. The van der Waals surface area contributed by atoms with Gasteiger partial charge in [-0.05, 0) is 19.1 Å². The molecule has 7 heteroatoms. The van der Waals surface area contributed by atoms with Crippen LogP contribution in [-0.2, 0) is 18.9 Å². The van der Waals surface area contributed by atoms with Gasteiger partial charge in [-0.1, -0.05) is 0 Å². The van der Waals surface area contributed by atoms with E-state index in [9.17, 15) is 14.7 Å². The molecule has 106 valence electrons. The minimum Gasteiger partial charge on any atom is -0.479 e. The fraction of sp³-hybridized carbons (Fsp3) is 0.308. The van der Waals surface area contributed by atoms with Gasteiger partial charge in [0, 0.05) is 31.5 Å². The van der Waals surface area contributed by atoms with E-state index in [1.54, 1.807) is 37.0 Å². The monoisotopic (exact) mass is 276 g/mol. The highest BCUT2D eigenvalue weighted by atomic mass is 16.4. The fourth-order valence-corrected chi connectivity index (χ4v) is 1.92. The van der Waals surface area contributed by atoms with E-state index in [2.05, 4.69) is 10.4 Å². The molecule has 0 aliphatic carbocycles. The lowest BCUT2D eigenvalue weighted by Gasteiger charge is -2.13. The summed E-state index contributed by atoms with van der Waals surface area (Å²) in [7, 11) is 3.44. The zero-order valence-electron chi connectivity index (χ0n) is 11.5. The van der Waals surface area contributed by atoms with Crippen molar-refractivity contribution in [2.24, 2.45) is 14.1 Å². The van der Waals surface area contributed by atoms with Crippen molar-refractivity contribution in [2.45, 2.75) is 13.0 Å². The van der Waals surface area contributed by atoms with Crippen LogP contribution in [0.15, 0.2) is 24.5 Å². The normalized spacial score (nSPS) is 12.2. The Morgan fingerprint density at radius 3 is 2.50 bits per heavy atom. The summed E-state index contributed by atoms with van der Waals surface area (Å²) in [5.74, 6) is -1.56. The summed E-state index contributed by atoms with van der Waals surface area (Å²) >= 11 is 0. The Kier molecular flexibility index (Phi) is 3.60. The van der Waals surface area contributed by atoms with Crippen molar-refractivity contribution in [1.82, 2.24) is 19.7 Å². The SMILES string of the molecule is Cc1ccc(C(=O)NC(C(=O)O)c2cnn(C)c2)n1C. The van der Waals surface area contributed by atoms with Crippen LogP contribution in [0.2, 0.25) is 0 Å². The maximum Gasteiger partial charge on any atom is 0.331 e. The largest absolute Gasteiger partial charge is 0.479 e. The van der Waals surface area contributed by atoms with E-state index in [0.717, 1.165) is 5.69 Å². The molecule has 1 atom stereocenters. The second kappa shape index (κ2) is 5.20. The summed E-state index contributed by atoms with van der Waals surface area (Å²) < 4.78 is 3.20. The van der Waals surface area contributed by atoms with Crippen LogP contribution in [0.3, 0.4) is 0 Å². The molecule has 2 aromatic heterocycles. The Balaban J connectivity index is 2.23. The summed E-state index contributed by atoms with van der Waals surface area (Å²) in [5, 5.41) is 15.7. The maximum absolute atomic E-state index is 12.2. The molecule has 0 saturated carbocycles. The van der Waals surface area contributed by atoms with Gasteiger partial charge in [0.2, 0.25) is 0 Å². The number of hydrogen-bond acceptors (Lipinski definition) is 3. The van der Waals surface area contributed by atoms with Crippen molar-refractivity contribution >= 4 is 11.9 Å². The van der Waals surface area contributed by atoms with Gasteiger partial charge in [-0.3, -0.25) is 9.48 Å². The van der Waals surface area contributed by atoms with E-state index in [-0.39, 0.29) is 0 Å². The quantitative estimate of drug-likeness (QED) is 0.856. The first kappa shape index (κ1) is 13.9. The molecule has 2 aromatic rings. The highest BCUT2D eigenvalue weighted by Crippen LogP contribution is 2.14. The molecule has 0 aliphatic rings. The molecule has 0 saturated heterocycles. The molecule has 0 bridgehead atoms. The summed E-state index contributed by atoms with van der Waals surface area (Å²) in [4.78, 5) is 23.5. The van der Waals surface area contributed by atoms with Crippen LogP contribution in [0.25, 0.3) is 0 Å². The minimum absolute atomic E-state index is 0.414. The summed E-state index contributed by atoms with van der Waals surface area (Å²) in [6.45, 7) is 1.87. The topological polar surface area (TPSA) is 89.2 Å². The Morgan fingerprint density at radius 1 is 1.35 bits per heavy atom. The lowest BCUT2D eigenvalue weighted by Crippen LogP contribution is -2.34. The van der Waals surface area contributed by atoms with Gasteiger partial charge in [0.1, 0.15) is 5.69 Å². The van der Waals surface area contributed by atoms with Gasteiger partial charge in [-0.15, -0.1) is 0 Å². The van der Waals surface area contributed by atoms with Crippen LogP contribution in [0.5, 0.6) is 0 Å². The van der Waals surface area contributed by atoms with Gasteiger partial charge < -0.3 is 15.0 Å². The van der Waals surface area contributed by atoms with Crippen molar-refractivity contribution in [3.63, 3.8) is 0 Å². The van der Waals surface area contributed by atoms with E-state index in [4.69, 9.17) is 0 Å². The number of aliphatic carboxylic acids is 1. The molecular formula is C13H16N4O3. The molecular weight excluding hydrogens is 260 g/mol. The molecule has 2 N–H and O–H groups in total. The van der Waals surface area contributed by atoms with E-state index in [1.165, 1.54) is 10.9 Å². The number of amides is 1. The van der Waals surface area contributed by atoms with Gasteiger partial charge in [-0.2, -0.15) is 5.10 Å². The third-order valence-corrected chi connectivity index (χ3v) is 3.19. The number of aryl methyl sites for hydroxylation is 2. The average molecular weight is 276 g/mol. The molecule has 0 spiro atoms. The Morgan fingerprint density at radius 2 is 2.05 bits per heavy atom. The van der Waals surface area contributed by atoms with Crippen LogP contribution in [0, 0.1) is 6.92 Å². The van der Waals surface area contributed by atoms with Gasteiger partial charge in [-0.25, -0.2) is 4.79 Å². The summed E-state index contributed by atoms with van der Waals surface area (Å²) in [6.07, 6.45) is 2.99. The Bertz CT molecular complexity index is 656. The molecule has 7 nitrogen and oxygen atoms in total. The van der Waals surface area contributed by atoms with Crippen LogP contribution in [0.4, 0.5) is 0 Å². The van der Waals surface area contributed by atoms with Crippen molar-refractivity contribution in [3.8, 4) is 0 Å². The number of carbonyl (C=O) groups excluding carboxylic acids is 1. The number of carbonyl (C=O) groups is 2. The third-order valence-electron chi connectivity index (χ3n) is 3.19. The molecule has 0 fully saturated rings. The van der Waals surface area contributed by atoms with E-state index in [0.29, 0.717) is 11.3 Å².